The van der Waals surface area contributed by atoms with Crippen LogP contribution in [0.5, 0.6) is 0 Å². The first-order valence-corrected chi connectivity index (χ1v) is 7.16. The standard InChI is InChI=1S/C16H23N3O2/c1-11-9-13(17)10-14(18-11)12-5-7-19(8-6-12)15(20)21-16(2,3)4/h5,9-10H,6-8H2,1-4H3,(H2,17,18). The quantitative estimate of drug-likeness (QED) is 0.863. The molecule has 1 aromatic rings. The Hall–Kier alpha value is -2.04. The first-order valence-electron chi connectivity index (χ1n) is 7.16. The van der Waals surface area contributed by atoms with E-state index in [0.29, 0.717) is 18.8 Å². The molecular weight excluding hydrogens is 266 g/mol. The van der Waals surface area contributed by atoms with E-state index in [2.05, 4.69) is 4.98 Å². The second-order valence-corrected chi connectivity index (χ2v) is 6.33. The number of aryl methyl sites for hydroxylation is 1. The number of nitrogen functional groups attached to an aromatic ring is 1. The third kappa shape index (κ3) is 4.21. The van der Waals surface area contributed by atoms with Crippen molar-refractivity contribution < 1.29 is 9.53 Å². The molecule has 0 radical (unpaired) electrons. The van der Waals surface area contributed by atoms with Crippen molar-refractivity contribution in [3.8, 4) is 0 Å². The van der Waals surface area contributed by atoms with E-state index in [1.165, 1.54) is 0 Å². The Kier molecular flexibility index (Phi) is 4.21. The van der Waals surface area contributed by atoms with Crippen LogP contribution in [0.15, 0.2) is 18.2 Å². The highest BCUT2D eigenvalue weighted by Gasteiger charge is 2.24. The van der Waals surface area contributed by atoms with Gasteiger partial charge >= 0.3 is 6.09 Å². The van der Waals surface area contributed by atoms with Gasteiger partial charge in [-0.2, -0.15) is 0 Å². The summed E-state index contributed by atoms with van der Waals surface area (Å²) in [4.78, 5) is 18.2. The van der Waals surface area contributed by atoms with Gasteiger partial charge in [-0.1, -0.05) is 6.08 Å². The summed E-state index contributed by atoms with van der Waals surface area (Å²) in [6.07, 6.45) is 2.51. The van der Waals surface area contributed by atoms with E-state index in [9.17, 15) is 4.79 Å². The van der Waals surface area contributed by atoms with Crippen LogP contribution in [0.2, 0.25) is 0 Å². The van der Waals surface area contributed by atoms with Gasteiger partial charge in [-0.15, -0.1) is 0 Å². The minimum Gasteiger partial charge on any atom is -0.444 e. The Balaban J connectivity index is 2.06. The zero-order chi connectivity index (χ0) is 15.6. The minimum atomic E-state index is -0.465. The highest BCUT2D eigenvalue weighted by atomic mass is 16.6. The summed E-state index contributed by atoms with van der Waals surface area (Å²) in [5, 5.41) is 0. The van der Waals surface area contributed by atoms with E-state index in [1.807, 2.05) is 45.9 Å². The molecule has 0 fully saturated rings. The number of ether oxygens (including phenoxy) is 1. The van der Waals surface area contributed by atoms with Crippen LogP contribution in [0, 0.1) is 6.92 Å². The number of carbonyl (C=O) groups is 1. The molecule has 0 unspecified atom stereocenters. The molecule has 0 aliphatic carbocycles. The Labute approximate surface area is 125 Å². The molecule has 21 heavy (non-hydrogen) atoms. The first kappa shape index (κ1) is 15.4. The van der Waals surface area contributed by atoms with Gasteiger partial charge < -0.3 is 15.4 Å². The summed E-state index contributed by atoms with van der Waals surface area (Å²) in [5.74, 6) is 0. The number of nitrogens with zero attached hydrogens (tertiary/aromatic N) is 2. The van der Waals surface area contributed by atoms with E-state index in [4.69, 9.17) is 10.5 Å². The average Bonchev–Trinajstić information content (AvgIpc) is 2.35. The molecule has 2 heterocycles. The summed E-state index contributed by atoms with van der Waals surface area (Å²) < 4.78 is 5.38. The third-order valence-corrected chi connectivity index (χ3v) is 3.17. The lowest BCUT2D eigenvalue weighted by Crippen LogP contribution is -2.39. The van der Waals surface area contributed by atoms with Gasteiger partial charge in [0.2, 0.25) is 0 Å². The van der Waals surface area contributed by atoms with Crippen LogP contribution < -0.4 is 5.73 Å². The minimum absolute atomic E-state index is 0.269. The highest BCUT2D eigenvalue weighted by Crippen LogP contribution is 2.23. The maximum Gasteiger partial charge on any atom is 0.410 e. The molecule has 5 nitrogen and oxygen atoms in total. The van der Waals surface area contributed by atoms with E-state index < -0.39 is 5.60 Å². The van der Waals surface area contributed by atoms with Crippen molar-refractivity contribution in [3.05, 3.63) is 29.6 Å². The Morgan fingerprint density at radius 1 is 1.38 bits per heavy atom. The van der Waals surface area contributed by atoms with E-state index >= 15 is 0 Å². The maximum atomic E-state index is 12.0. The fourth-order valence-corrected chi connectivity index (χ4v) is 2.25. The topological polar surface area (TPSA) is 68.5 Å². The molecule has 0 aromatic carbocycles. The predicted molar refractivity (Wildman–Crippen MR) is 83.8 cm³/mol. The summed E-state index contributed by atoms with van der Waals surface area (Å²) >= 11 is 0. The second kappa shape index (κ2) is 5.76. The molecule has 2 N–H and O–H groups in total. The lowest BCUT2D eigenvalue weighted by molar-refractivity contribution is 0.0270. The molecule has 2 rings (SSSR count). The molecule has 0 saturated carbocycles. The summed E-state index contributed by atoms with van der Waals surface area (Å²) in [5.41, 5.74) is 9.04. The van der Waals surface area contributed by atoms with E-state index in [-0.39, 0.29) is 6.09 Å². The fraction of sp³-hybridized carbons (Fsp3) is 0.500. The van der Waals surface area contributed by atoms with Crippen LogP contribution in [-0.4, -0.2) is 34.7 Å². The third-order valence-electron chi connectivity index (χ3n) is 3.17. The van der Waals surface area contributed by atoms with Crippen LogP contribution in [0.1, 0.15) is 38.6 Å². The Morgan fingerprint density at radius 3 is 2.62 bits per heavy atom. The van der Waals surface area contributed by atoms with Crippen molar-refractivity contribution in [1.29, 1.82) is 0 Å². The molecule has 0 bridgehead atoms. The molecule has 0 atom stereocenters. The smallest absolute Gasteiger partial charge is 0.410 e. The van der Waals surface area contributed by atoms with Crippen LogP contribution in [0.25, 0.3) is 5.57 Å². The number of rotatable bonds is 1. The average molecular weight is 289 g/mol. The van der Waals surface area contributed by atoms with E-state index in [0.717, 1.165) is 23.4 Å². The predicted octanol–water partition coefficient (Wildman–Crippen LogP) is 3.00. The fourth-order valence-electron chi connectivity index (χ4n) is 2.25. The summed E-state index contributed by atoms with van der Waals surface area (Å²) in [6.45, 7) is 8.72. The monoisotopic (exact) mass is 289 g/mol. The zero-order valence-electron chi connectivity index (χ0n) is 13.1. The van der Waals surface area contributed by atoms with Gasteiger partial charge in [-0.25, -0.2) is 4.79 Å². The Bertz CT molecular complexity index is 553. The summed E-state index contributed by atoms with van der Waals surface area (Å²) in [7, 11) is 0. The largest absolute Gasteiger partial charge is 0.444 e. The van der Waals surface area contributed by atoms with E-state index in [1.54, 1.807) is 4.90 Å². The molecular formula is C16H23N3O2. The molecule has 0 spiro atoms. The number of aromatic nitrogens is 1. The van der Waals surface area contributed by atoms with Crippen molar-refractivity contribution in [2.24, 2.45) is 0 Å². The van der Waals surface area contributed by atoms with Crippen LogP contribution in [0.4, 0.5) is 10.5 Å². The number of pyridine rings is 1. The van der Waals surface area contributed by atoms with Crippen LogP contribution in [0.3, 0.4) is 0 Å². The molecule has 1 aromatic heterocycles. The number of anilines is 1. The van der Waals surface area contributed by atoms with Gasteiger partial charge in [0.05, 0.1) is 5.69 Å². The molecule has 1 amide bonds. The number of amides is 1. The molecule has 1 aliphatic heterocycles. The van der Waals surface area contributed by atoms with Gasteiger partial charge in [-0.05, 0) is 51.8 Å². The summed E-state index contributed by atoms with van der Waals surface area (Å²) in [6, 6.07) is 3.72. The number of carbonyl (C=O) groups excluding carboxylic acids is 1. The lowest BCUT2D eigenvalue weighted by atomic mass is 10.0. The molecule has 5 heteroatoms. The second-order valence-electron chi connectivity index (χ2n) is 6.33. The Morgan fingerprint density at radius 2 is 2.10 bits per heavy atom. The van der Waals surface area contributed by atoms with Gasteiger partial charge in [0.1, 0.15) is 5.60 Å². The van der Waals surface area contributed by atoms with Gasteiger partial charge in [0.25, 0.3) is 0 Å². The van der Waals surface area contributed by atoms with Crippen LogP contribution in [-0.2, 0) is 4.74 Å². The maximum absolute atomic E-state index is 12.0. The highest BCUT2D eigenvalue weighted by molar-refractivity contribution is 5.72. The van der Waals surface area contributed by atoms with Crippen molar-refractivity contribution in [2.75, 3.05) is 18.8 Å². The number of hydrogen-bond donors (Lipinski definition) is 1. The van der Waals surface area contributed by atoms with Gasteiger partial charge in [0, 0.05) is 24.5 Å². The normalized spacial score (nSPS) is 15.6. The van der Waals surface area contributed by atoms with Crippen molar-refractivity contribution in [3.63, 3.8) is 0 Å². The van der Waals surface area contributed by atoms with Crippen molar-refractivity contribution >= 4 is 17.4 Å². The van der Waals surface area contributed by atoms with Crippen molar-refractivity contribution in [1.82, 2.24) is 9.88 Å². The first-order chi connectivity index (χ1) is 9.74. The molecule has 1 aliphatic rings. The van der Waals surface area contributed by atoms with Gasteiger partial charge in [0.15, 0.2) is 0 Å². The molecule has 114 valence electrons. The van der Waals surface area contributed by atoms with Crippen LogP contribution >= 0.6 is 0 Å². The lowest BCUT2D eigenvalue weighted by Gasteiger charge is -2.29. The SMILES string of the molecule is Cc1cc(N)cc(C2=CCN(C(=O)OC(C)(C)C)CC2)n1. The number of hydrogen-bond acceptors (Lipinski definition) is 4. The number of nitrogens with two attached hydrogens (primary N) is 1. The zero-order valence-corrected chi connectivity index (χ0v) is 13.1. The molecule has 0 saturated heterocycles. The van der Waals surface area contributed by atoms with Gasteiger partial charge in [-0.3, -0.25) is 4.98 Å². The van der Waals surface area contributed by atoms with Crippen molar-refractivity contribution in [2.45, 2.75) is 39.7 Å².